The largest absolute Gasteiger partial charge is 0.546 e. The van der Waals surface area contributed by atoms with Crippen molar-refractivity contribution in [3.8, 4) is 5.75 Å². The van der Waals surface area contributed by atoms with Crippen LogP contribution in [0.15, 0.2) is 38.9 Å². The molecule has 6 heterocycles. The number of carbonyl (C=O) groups is 6. The van der Waals surface area contributed by atoms with Gasteiger partial charge in [0.05, 0.1) is 44.8 Å². The van der Waals surface area contributed by atoms with E-state index < -0.39 is 70.6 Å². The van der Waals surface area contributed by atoms with Crippen molar-refractivity contribution in [3.05, 3.63) is 50.5 Å². The van der Waals surface area contributed by atoms with Crippen LogP contribution in [0.2, 0.25) is 0 Å². The number of pyridine rings is 1. The highest BCUT2D eigenvalue weighted by molar-refractivity contribution is 8.00. The van der Waals surface area contributed by atoms with Gasteiger partial charge in [0.25, 0.3) is 17.7 Å². The average molecular weight is 775 g/mol. The zero-order valence-electron chi connectivity index (χ0n) is 27.8. The van der Waals surface area contributed by atoms with Gasteiger partial charge in [-0.2, -0.15) is 0 Å². The summed E-state index contributed by atoms with van der Waals surface area (Å²) in [5.41, 5.74) is 4.81. The second-order valence-electron chi connectivity index (χ2n) is 12.9. The van der Waals surface area contributed by atoms with E-state index in [0.29, 0.717) is 42.8 Å². The summed E-state index contributed by atoms with van der Waals surface area (Å²) in [4.78, 5) is 98.9. The highest BCUT2D eigenvalue weighted by atomic mass is 32.2. The SMILES string of the molecule is Nc1nc(C(=NOC(CC(=O)O)C(=O)[O-])C(=O)N[C@@H]2C(=O)N3C(C(=O)O)=C(C[N+]4(CCN5CCn6cc(O)c(=O)cc6C5=O)CCCC4)CS[C@H]23)cs1. The molecule has 53 heavy (non-hydrogen) atoms. The van der Waals surface area contributed by atoms with Gasteiger partial charge in [0.2, 0.25) is 5.43 Å². The van der Waals surface area contributed by atoms with Gasteiger partial charge in [-0.1, -0.05) is 5.16 Å². The van der Waals surface area contributed by atoms with Crippen LogP contribution in [0.3, 0.4) is 0 Å². The molecule has 0 spiro atoms. The van der Waals surface area contributed by atoms with Crippen molar-refractivity contribution in [1.29, 1.82) is 0 Å². The van der Waals surface area contributed by atoms with Crippen molar-refractivity contribution in [2.75, 3.05) is 50.8 Å². The quantitative estimate of drug-likeness (QED) is 0.0570. The number of nitrogen functional groups attached to an aromatic ring is 1. The molecule has 0 radical (unpaired) electrons. The number of fused-ring (bicyclic) bond motifs is 2. The minimum absolute atomic E-state index is 0.0178. The molecular formula is C31H34N8O12S2. The van der Waals surface area contributed by atoms with Gasteiger partial charge in [-0.05, 0) is 0 Å². The summed E-state index contributed by atoms with van der Waals surface area (Å²) in [5, 5.41) is 47.0. The highest BCUT2D eigenvalue weighted by Gasteiger charge is 2.55. The third kappa shape index (κ3) is 7.55. The minimum atomic E-state index is -2.05. The minimum Gasteiger partial charge on any atom is -0.546 e. The van der Waals surface area contributed by atoms with Crippen LogP contribution in [0, 0.1) is 0 Å². The average Bonchev–Trinajstić information content (AvgIpc) is 3.75. The zero-order valence-corrected chi connectivity index (χ0v) is 29.5. The molecule has 2 aromatic heterocycles. The van der Waals surface area contributed by atoms with E-state index in [1.54, 1.807) is 9.47 Å². The van der Waals surface area contributed by atoms with Crippen molar-refractivity contribution in [3.63, 3.8) is 0 Å². The van der Waals surface area contributed by atoms with E-state index >= 15 is 0 Å². The molecule has 1 unspecified atom stereocenters. The Labute approximate surface area is 307 Å². The lowest BCUT2D eigenvalue weighted by molar-refractivity contribution is -0.911. The monoisotopic (exact) mass is 774 g/mol. The fourth-order valence-corrected chi connectivity index (χ4v) is 8.78. The number of thiazole rings is 1. The molecule has 3 atom stereocenters. The Balaban J connectivity index is 1.17. The Kier molecular flexibility index (Phi) is 10.5. The topological polar surface area (TPSA) is 287 Å². The molecule has 0 aromatic carbocycles. The van der Waals surface area contributed by atoms with Crippen LogP contribution in [0.5, 0.6) is 5.75 Å². The van der Waals surface area contributed by atoms with Crippen LogP contribution in [0.1, 0.15) is 35.4 Å². The highest BCUT2D eigenvalue weighted by Crippen LogP contribution is 2.41. The Morgan fingerprint density at radius 3 is 2.55 bits per heavy atom. The molecular weight excluding hydrogens is 741 g/mol. The van der Waals surface area contributed by atoms with E-state index in [-0.39, 0.29) is 33.9 Å². The lowest BCUT2D eigenvalue weighted by Crippen LogP contribution is -2.71. The third-order valence-corrected chi connectivity index (χ3v) is 11.5. The smallest absolute Gasteiger partial charge is 0.352 e. The number of aliphatic carboxylic acids is 3. The summed E-state index contributed by atoms with van der Waals surface area (Å²) in [5.74, 6) is -7.06. The number of nitrogens with one attached hydrogen (secondary N) is 1. The maximum Gasteiger partial charge on any atom is 0.352 e. The van der Waals surface area contributed by atoms with Gasteiger partial charge in [-0.3, -0.25) is 28.9 Å². The van der Waals surface area contributed by atoms with Crippen molar-refractivity contribution in [2.45, 2.75) is 43.3 Å². The van der Waals surface area contributed by atoms with Crippen molar-refractivity contribution >= 4 is 69.6 Å². The number of likely N-dealkylation sites (tertiary alicyclic amines) is 1. The Bertz CT molecular complexity index is 2000. The molecule has 0 bridgehead atoms. The molecule has 0 aliphatic carbocycles. The summed E-state index contributed by atoms with van der Waals surface area (Å²) >= 11 is 2.17. The number of quaternary nitrogens is 1. The molecule has 2 fully saturated rings. The predicted molar refractivity (Wildman–Crippen MR) is 182 cm³/mol. The molecule has 2 saturated heterocycles. The molecule has 282 valence electrons. The van der Waals surface area contributed by atoms with Crippen LogP contribution in [0.4, 0.5) is 5.13 Å². The first-order chi connectivity index (χ1) is 25.2. The van der Waals surface area contributed by atoms with Crippen molar-refractivity contribution in [2.24, 2.45) is 5.16 Å². The number of hydrogen-bond acceptors (Lipinski definition) is 15. The Hall–Kier alpha value is -5.48. The van der Waals surface area contributed by atoms with Crippen LogP contribution >= 0.6 is 23.1 Å². The first-order valence-corrected chi connectivity index (χ1v) is 18.3. The number of aromatic hydroxyl groups is 1. The first-order valence-electron chi connectivity index (χ1n) is 16.3. The van der Waals surface area contributed by atoms with Crippen LogP contribution in [-0.4, -0.2) is 143 Å². The summed E-state index contributed by atoms with van der Waals surface area (Å²) in [6, 6.07) is -0.0906. The number of thioether (sulfide) groups is 1. The molecule has 0 saturated carbocycles. The van der Waals surface area contributed by atoms with E-state index in [2.05, 4.69) is 15.5 Å². The molecule has 22 heteroatoms. The van der Waals surface area contributed by atoms with Gasteiger partial charge >= 0.3 is 11.9 Å². The number of carboxylic acid groups (broad SMARTS) is 3. The number of hydrogen-bond donors (Lipinski definition) is 5. The molecule has 4 aliphatic rings. The number of carboxylic acids is 3. The molecule has 2 aromatic rings. The summed E-state index contributed by atoms with van der Waals surface area (Å²) in [7, 11) is 0. The maximum absolute atomic E-state index is 13.5. The lowest BCUT2D eigenvalue weighted by atomic mass is 10.0. The van der Waals surface area contributed by atoms with Gasteiger partial charge in [0.1, 0.15) is 35.0 Å². The van der Waals surface area contributed by atoms with Crippen LogP contribution in [-0.2, 0) is 35.4 Å². The first kappa shape index (κ1) is 37.3. The number of nitrogens with zero attached hydrogens (tertiary/aromatic N) is 6. The number of amides is 3. The predicted octanol–water partition coefficient (Wildman–Crippen LogP) is -2.59. The van der Waals surface area contributed by atoms with Gasteiger partial charge in [0, 0.05) is 48.7 Å². The second-order valence-corrected chi connectivity index (χ2v) is 14.9. The number of oxime groups is 1. The normalized spacial score (nSPS) is 21.4. The summed E-state index contributed by atoms with van der Waals surface area (Å²) in [6.45, 7) is 3.34. The van der Waals surface area contributed by atoms with Gasteiger partial charge in [-0.25, -0.2) is 9.78 Å². The number of rotatable bonds is 14. The zero-order chi connectivity index (χ0) is 38.2. The number of anilines is 1. The summed E-state index contributed by atoms with van der Waals surface area (Å²) in [6.07, 6.45) is -0.0682. The molecule has 6 rings (SSSR count). The van der Waals surface area contributed by atoms with E-state index in [4.69, 9.17) is 15.7 Å². The van der Waals surface area contributed by atoms with Crippen LogP contribution in [0.25, 0.3) is 0 Å². The number of aromatic nitrogens is 2. The Morgan fingerprint density at radius 2 is 1.91 bits per heavy atom. The third-order valence-electron chi connectivity index (χ3n) is 9.52. The van der Waals surface area contributed by atoms with E-state index in [0.717, 1.165) is 48.2 Å². The second kappa shape index (κ2) is 14.9. The number of nitrogens with two attached hydrogens (primary N) is 1. The van der Waals surface area contributed by atoms with E-state index in [9.17, 15) is 48.9 Å². The van der Waals surface area contributed by atoms with E-state index in [1.165, 1.54) is 23.3 Å². The molecule has 3 amide bonds. The molecule has 20 nitrogen and oxygen atoms in total. The standard InChI is InChI=1S/C31H34N8O12S2/c32-31-33-16(14-53-31)22(35-51-20(29(47)48)10-21(42)43)25(44)34-23-27(46)38-24(30(49)50)15(13-52-28(23)38)12-39(6-1-2-7-39)8-5-36-3-4-37-11-19(41)18(40)9-17(37)26(36)45/h9,11,14,20,23,28H,1-8,10,12-13H2,(H6-,32,33,34,41,42,43,44,47,48,49,50)/t20?,23-,28-/m1/s1. The van der Waals surface area contributed by atoms with Gasteiger partial charge < -0.3 is 55.1 Å². The molecule has 4 aliphatic heterocycles. The van der Waals surface area contributed by atoms with Crippen LogP contribution < -0.4 is 21.6 Å². The maximum atomic E-state index is 13.5. The fourth-order valence-electron chi connectivity index (χ4n) is 6.90. The number of β-lactam (4-membered cyclic amide) rings is 1. The lowest BCUT2D eigenvalue weighted by Gasteiger charge is -2.50. The van der Waals surface area contributed by atoms with Gasteiger partial charge in [-0.15, -0.1) is 23.1 Å². The number of carbonyl (C=O) groups excluding carboxylic acids is 4. The van der Waals surface area contributed by atoms with Gasteiger partial charge in [0.15, 0.2) is 22.7 Å². The fraction of sp³-hybridized carbons (Fsp3) is 0.452. The van der Waals surface area contributed by atoms with Crippen molar-refractivity contribution < 1.29 is 58.5 Å². The molecule has 6 N–H and O–H groups in total. The summed E-state index contributed by atoms with van der Waals surface area (Å²) < 4.78 is 2.03. The Morgan fingerprint density at radius 1 is 1.17 bits per heavy atom. The van der Waals surface area contributed by atoms with E-state index in [1.807, 2.05) is 0 Å². The van der Waals surface area contributed by atoms with Crippen molar-refractivity contribution in [1.82, 2.24) is 24.7 Å².